The van der Waals surface area contributed by atoms with Crippen molar-refractivity contribution in [1.82, 2.24) is 28.9 Å². The molecule has 178 valence electrons. The number of piperidine rings is 1. The summed E-state index contributed by atoms with van der Waals surface area (Å²) in [6, 6.07) is 9.76. The minimum atomic E-state index is -0.165. The van der Waals surface area contributed by atoms with Crippen LogP contribution in [0.15, 0.2) is 36.7 Å². The monoisotopic (exact) mass is 488 g/mol. The van der Waals surface area contributed by atoms with Crippen molar-refractivity contribution in [3.05, 3.63) is 58.8 Å². The van der Waals surface area contributed by atoms with Crippen molar-refractivity contribution in [3.8, 4) is 6.07 Å². The topological polar surface area (TPSA) is 94.8 Å². The molecule has 0 N–H and O–H groups in total. The molecule has 1 amide bonds. The van der Waals surface area contributed by atoms with Gasteiger partial charge in [-0.05, 0) is 44.7 Å². The van der Waals surface area contributed by atoms with E-state index in [-0.39, 0.29) is 23.0 Å². The number of aromatic nitrogens is 5. The molecule has 2 unspecified atom stereocenters. The van der Waals surface area contributed by atoms with Gasteiger partial charge in [-0.1, -0.05) is 17.7 Å². The Bertz CT molecular complexity index is 1480. The maximum Gasteiger partial charge on any atom is 0.274 e. The first kappa shape index (κ1) is 21.9. The van der Waals surface area contributed by atoms with E-state index in [0.717, 1.165) is 55.0 Å². The zero-order valence-corrected chi connectivity index (χ0v) is 20.2. The minimum Gasteiger partial charge on any atom is -0.355 e. The van der Waals surface area contributed by atoms with Crippen molar-refractivity contribution >= 4 is 34.6 Å². The molecule has 2 atom stereocenters. The number of halogens is 1. The number of likely N-dealkylation sites (tertiary alicyclic amines) is 1. The van der Waals surface area contributed by atoms with Crippen LogP contribution >= 0.6 is 11.6 Å². The highest BCUT2D eigenvalue weighted by Gasteiger charge is 2.34. The van der Waals surface area contributed by atoms with Gasteiger partial charge in [0.1, 0.15) is 11.5 Å². The number of carbonyl (C=O) groups is 1. The summed E-state index contributed by atoms with van der Waals surface area (Å²) in [6.07, 6.45) is 7.43. The highest BCUT2D eigenvalue weighted by atomic mass is 35.5. The quantitative estimate of drug-likeness (QED) is 0.431. The third kappa shape index (κ3) is 3.69. The number of amides is 1. The van der Waals surface area contributed by atoms with Gasteiger partial charge in [0.2, 0.25) is 0 Å². The van der Waals surface area contributed by atoms with Gasteiger partial charge in [-0.2, -0.15) is 10.4 Å². The Kier molecular flexibility index (Phi) is 5.33. The number of nitrogens with zero attached hydrogens (tertiary/aromatic N) is 8. The number of nitriles is 1. The van der Waals surface area contributed by atoms with E-state index in [0.29, 0.717) is 24.4 Å². The van der Waals surface area contributed by atoms with Crippen molar-refractivity contribution in [1.29, 1.82) is 5.26 Å². The fraction of sp³-hybridized carbons (Fsp3) is 0.400. The normalized spacial score (nSPS) is 20.6. The second-order valence-corrected chi connectivity index (χ2v) is 9.73. The molecule has 2 aliphatic heterocycles. The van der Waals surface area contributed by atoms with E-state index in [1.807, 2.05) is 48.5 Å². The molecule has 10 heteroatoms. The molecule has 0 radical (unpaired) electrons. The Morgan fingerprint density at radius 3 is 2.89 bits per heavy atom. The standard InChI is InChI=1S/C25H25ClN8O/c1-16-14-34-21(29-24(16)31-11-8-17(13-27)15-31)12-18(30-34)19-6-2-4-9-32(19)25(35)22-23(26)28-20-7-3-5-10-33(20)22/h3,5,7,10,12,14,17,19H,2,4,6,8-9,11,15H2,1H3. The predicted octanol–water partition coefficient (Wildman–Crippen LogP) is 4.06. The third-order valence-corrected chi connectivity index (χ3v) is 7.35. The van der Waals surface area contributed by atoms with E-state index < -0.39 is 0 Å². The van der Waals surface area contributed by atoms with E-state index >= 15 is 0 Å². The van der Waals surface area contributed by atoms with Gasteiger partial charge in [0.15, 0.2) is 16.5 Å². The highest BCUT2D eigenvalue weighted by Crippen LogP contribution is 2.34. The number of pyridine rings is 1. The number of imidazole rings is 1. The van der Waals surface area contributed by atoms with Gasteiger partial charge >= 0.3 is 0 Å². The maximum absolute atomic E-state index is 13.7. The molecule has 4 aromatic rings. The fourth-order valence-corrected chi connectivity index (χ4v) is 5.60. The Hall–Kier alpha value is -3.64. The Morgan fingerprint density at radius 2 is 2.06 bits per heavy atom. The SMILES string of the molecule is Cc1cn2nc(C3CCCCN3C(=O)c3c(Cl)nc4ccccn34)cc2nc1N1CCC(C#N)C1. The molecule has 4 aromatic heterocycles. The molecule has 0 aromatic carbocycles. The maximum atomic E-state index is 13.7. The van der Waals surface area contributed by atoms with E-state index in [1.165, 1.54) is 0 Å². The van der Waals surface area contributed by atoms with E-state index in [9.17, 15) is 10.1 Å². The lowest BCUT2D eigenvalue weighted by atomic mass is 9.99. The molecule has 0 saturated carbocycles. The Morgan fingerprint density at radius 1 is 1.17 bits per heavy atom. The first-order valence-corrected chi connectivity index (χ1v) is 12.4. The Labute approximate surface area is 207 Å². The minimum absolute atomic E-state index is 0.0427. The summed E-state index contributed by atoms with van der Waals surface area (Å²) in [6.45, 7) is 4.18. The molecule has 0 aliphatic carbocycles. The van der Waals surface area contributed by atoms with Crippen molar-refractivity contribution < 1.29 is 4.79 Å². The summed E-state index contributed by atoms with van der Waals surface area (Å²) >= 11 is 6.42. The molecular formula is C25H25ClN8O. The van der Waals surface area contributed by atoms with Crippen molar-refractivity contribution in [2.75, 3.05) is 24.5 Å². The molecule has 35 heavy (non-hydrogen) atoms. The van der Waals surface area contributed by atoms with Crippen molar-refractivity contribution in [3.63, 3.8) is 0 Å². The van der Waals surface area contributed by atoms with Crippen molar-refractivity contribution in [2.45, 2.75) is 38.6 Å². The van der Waals surface area contributed by atoms with Crippen LogP contribution in [0.25, 0.3) is 11.3 Å². The van der Waals surface area contributed by atoms with E-state index in [4.69, 9.17) is 21.7 Å². The second kappa shape index (κ2) is 8.54. The highest BCUT2D eigenvalue weighted by molar-refractivity contribution is 6.32. The molecule has 6 heterocycles. The summed E-state index contributed by atoms with van der Waals surface area (Å²) in [5, 5.41) is 14.3. The zero-order chi connectivity index (χ0) is 24.1. The summed E-state index contributed by atoms with van der Waals surface area (Å²) < 4.78 is 3.55. The van der Waals surface area contributed by atoms with Crippen LogP contribution in [0, 0.1) is 24.2 Å². The number of hydrogen-bond donors (Lipinski definition) is 0. The Balaban J connectivity index is 1.35. The first-order valence-electron chi connectivity index (χ1n) is 12.0. The van der Waals surface area contributed by atoms with Crippen LogP contribution < -0.4 is 4.90 Å². The van der Waals surface area contributed by atoms with Crippen LogP contribution in [-0.4, -0.2) is 54.4 Å². The van der Waals surface area contributed by atoms with Gasteiger partial charge in [0, 0.05) is 43.7 Å². The lowest BCUT2D eigenvalue weighted by Crippen LogP contribution is -2.39. The smallest absolute Gasteiger partial charge is 0.274 e. The number of rotatable bonds is 3. The number of aryl methyl sites for hydroxylation is 1. The summed E-state index contributed by atoms with van der Waals surface area (Å²) in [5.41, 5.74) is 3.61. The first-order chi connectivity index (χ1) is 17.0. The number of hydrogen-bond acceptors (Lipinski definition) is 6. The van der Waals surface area contributed by atoms with Gasteiger partial charge in [-0.3, -0.25) is 9.20 Å². The predicted molar refractivity (Wildman–Crippen MR) is 131 cm³/mol. The third-order valence-electron chi connectivity index (χ3n) is 7.09. The molecule has 6 rings (SSSR count). The van der Waals surface area contributed by atoms with Gasteiger partial charge in [0.05, 0.1) is 23.7 Å². The van der Waals surface area contributed by atoms with Gasteiger partial charge in [0.25, 0.3) is 5.91 Å². The van der Waals surface area contributed by atoms with E-state index in [2.05, 4.69) is 16.0 Å². The number of anilines is 1. The number of carbonyl (C=O) groups excluding carboxylic acids is 1. The van der Waals surface area contributed by atoms with Crippen LogP contribution in [0.3, 0.4) is 0 Å². The molecular weight excluding hydrogens is 464 g/mol. The van der Waals surface area contributed by atoms with Crippen LogP contribution in [0.4, 0.5) is 5.82 Å². The summed E-state index contributed by atoms with van der Waals surface area (Å²) in [5.74, 6) is 0.803. The van der Waals surface area contributed by atoms with Crippen LogP contribution in [0.1, 0.15) is 53.5 Å². The van der Waals surface area contributed by atoms with Crippen LogP contribution in [0.2, 0.25) is 5.15 Å². The second-order valence-electron chi connectivity index (χ2n) is 9.37. The molecule has 2 fully saturated rings. The molecule has 2 saturated heterocycles. The largest absolute Gasteiger partial charge is 0.355 e. The number of fused-ring (bicyclic) bond motifs is 2. The average molecular weight is 489 g/mol. The molecule has 0 bridgehead atoms. The van der Waals surface area contributed by atoms with Crippen LogP contribution in [0.5, 0.6) is 0 Å². The van der Waals surface area contributed by atoms with Gasteiger partial charge in [-0.25, -0.2) is 14.5 Å². The fourth-order valence-electron chi connectivity index (χ4n) is 5.34. The lowest BCUT2D eigenvalue weighted by molar-refractivity contribution is 0.0598. The lowest BCUT2D eigenvalue weighted by Gasteiger charge is -2.34. The molecule has 9 nitrogen and oxygen atoms in total. The van der Waals surface area contributed by atoms with E-state index in [1.54, 1.807) is 8.92 Å². The van der Waals surface area contributed by atoms with Crippen molar-refractivity contribution in [2.24, 2.45) is 5.92 Å². The molecule has 2 aliphatic rings. The van der Waals surface area contributed by atoms with Crippen LogP contribution in [-0.2, 0) is 0 Å². The summed E-state index contributed by atoms with van der Waals surface area (Å²) in [4.78, 5) is 27.0. The van der Waals surface area contributed by atoms with Gasteiger partial charge < -0.3 is 9.80 Å². The average Bonchev–Trinajstić information content (AvgIpc) is 3.59. The summed E-state index contributed by atoms with van der Waals surface area (Å²) in [7, 11) is 0. The molecule has 0 spiro atoms. The van der Waals surface area contributed by atoms with Gasteiger partial charge in [-0.15, -0.1) is 0 Å². The zero-order valence-electron chi connectivity index (χ0n) is 19.4.